The molecule has 0 saturated carbocycles. The van der Waals surface area contributed by atoms with Crippen LogP contribution in [-0.2, 0) is 23.1 Å². The van der Waals surface area contributed by atoms with Gasteiger partial charge in [-0.3, -0.25) is 4.79 Å². The van der Waals surface area contributed by atoms with Crippen molar-refractivity contribution in [2.24, 2.45) is 0 Å². The molecule has 0 aromatic carbocycles. The number of rotatable bonds is 0. The van der Waals surface area contributed by atoms with Gasteiger partial charge in [0.1, 0.15) is 0 Å². The van der Waals surface area contributed by atoms with Gasteiger partial charge in [-0.15, -0.1) is 17.0 Å². The Morgan fingerprint density at radius 3 is 1.75 bits per heavy atom. The summed E-state index contributed by atoms with van der Waals surface area (Å²) >= 11 is 1.44. The maximum atomic E-state index is 9.00. The molecule has 0 aliphatic rings. The van der Waals surface area contributed by atoms with Crippen molar-refractivity contribution in [2.45, 2.75) is 18.9 Å². The molecule has 0 radical (unpaired) electrons. The Morgan fingerprint density at radius 2 is 1.75 bits per heavy atom. The number of carboxylic acids is 1. The van der Waals surface area contributed by atoms with Crippen molar-refractivity contribution in [3.8, 4) is 0 Å². The Bertz CT molecular complexity index is 45.3. The van der Waals surface area contributed by atoms with Gasteiger partial charge in [0, 0.05) is 6.92 Å². The molecule has 8 heavy (non-hydrogen) atoms. The third-order valence-electron chi connectivity index (χ3n) is 0. The predicted octanol–water partition coefficient (Wildman–Crippen LogP) is 1.64. The first kappa shape index (κ1) is 15.8. The number of hydrogen-bond acceptors (Lipinski definition) is 1. The van der Waals surface area contributed by atoms with Crippen molar-refractivity contribution >= 4 is 23.0 Å². The molecule has 0 aliphatic heterocycles. The molecule has 0 aromatic rings. The SMILES string of the molecule is Br.CC(=O)O.C[CH2][Zn]. The van der Waals surface area contributed by atoms with Gasteiger partial charge in [0.05, 0.1) is 0 Å². The van der Waals surface area contributed by atoms with Crippen molar-refractivity contribution in [1.82, 2.24) is 0 Å². The average Bonchev–Trinajstić information content (AvgIpc) is 1.33. The summed E-state index contributed by atoms with van der Waals surface area (Å²) in [5, 5.41) is 8.79. The molecule has 0 aromatic heterocycles. The topological polar surface area (TPSA) is 37.3 Å². The fourth-order valence-corrected chi connectivity index (χ4v) is 0. The quantitative estimate of drug-likeness (QED) is 0.648. The van der Waals surface area contributed by atoms with E-state index in [0.29, 0.717) is 0 Å². The summed E-state index contributed by atoms with van der Waals surface area (Å²) in [6, 6.07) is 0. The van der Waals surface area contributed by atoms with Gasteiger partial charge in [0.15, 0.2) is 0 Å². The Morgan fingerprint density at radius 1 is 1.75 bits per heavy atom. The van der Waals surface area contributed by atoms with Crippen LogP contribution in [0.15, 0.2) is 0 Å². The van der Waals surface area contributed by atoms with Gasteiger partial charge < -0.3 is 5.11 Å². The van der Waals surface area contributed by atoms with E-state index in [1.807, 2.05) is 0 Å². The Balaban J connectivity index is -0.0000000575. The first-order valence-electron chi connectivity index (χ1n) is 2.13. The number of aliphatic carboxylic acids is 1. The Kier molecular flexibility index (Phi) is 31.0. The molecule has 0 saturated heterocycles. The van der Waals surface area contributed by atoms with Crippen LogP contribution in [0.4, 0.5) is 0 Å². The standard InChI is InChI=1S/C2H4O2.C2H5.BrH.Zn/c1-2(3)4;1-2;;/h1H3,(H,3,4);1H2,2H3;1H;. The first-order chi connectivity index (χ1) is 3.15. The van der Waals surface area contributed by atoms with Crippen molar-refractivity contribution in [2.75, 3.05) is 0 Å². The monoisotopic (exact) mass is 233 g/mol. The van der Waals surface area contributed by atoms with E-state index in [0.717, 1.165) is 6.92 Å². The van der Waals surface area contributed by atoms with Crippen molar-refractivity contribution < 1.29 is 28.2 Å². The van der Waals surface area contributed by atoms with Crippen LogP contribution in [0.1, 0.15) is 13.8 Å². The van der Waals surface area contributed by atoms with E-state index in [-0.39, 0.29) is 17.0 Å². The zero-order valence-electron chi connectivity index (χ0n) is 5.18. The molecule has 1 N–H and O–H groups in total. The molecule has 0 unspecified atom stereocenters. The summed E-state index contributed by atoms with van der Waals surface area (Å²) in [6.07, 6.45) is 0. The minimum atomic E-state index is -0.833. The van der Waals surface area contributed by atoms with Crippen LogP contribution >= 0.6 is 17.0 Å². The summed E-state index contributed by atoms with van der Waals surface area (Å²) in [7, 11) is 0. The van der Waals surface area contributed by atoms with Gasteiger partial charge in [-0.1, -0.05) is 0 Å². The number of halogens is 1. The second-order valence-electron chi connectivity index (χ2n) is 1.02. The molecule has 0 aliphatic carbocycles. The molecule has 0 bridgehead atoms. The molecule has 4 heteroatoms. The predicted molar refractivity (Wildman–Crippen MR) is 34.1 cm³/mol. The van der Waals surface area contributed by atoms with Crippen LogP contribution in [0, 0.1) is 0 Å². The molecule has 2 nitrogen and oxygen atoms in total. The minimum absolute atomic E-state index is 0. The van der Waals surface area contributed by atoms with Gasteiger partial charge in [0.2, 0.25) is 0 Å². The molecule has 0 spiro atoms. The van der Waals surface area contributed by atoms with Gasteiger partial charge in [-0.2, -0.15) is 0 Å². The van der Waals surface area contributed by atoms with Crippen LogP contribution in [0.3, 0.4) is 0 Å². The maximum absolute atomic E-state index is 9.00. The summed E-state index contributed by atoms with van der Waals surface area (Å²) in [6.45, 7) is 3.26. The number of carboxylic acid groups (broad SMARTS) is 1. The van der Waals surface area contributed by atoms with Crippen LogP contribution in [0.2, 0.25) is 5.02 Å². The van der Waals surface area contributed by atoms with Crippen molar-refractivity contribution in [3.05, 3.63) is 0 Å². The second kappa shape index (κ2) is 15.6. The van der Waals surface area contributed by atoms with Gasteiger partial charge >= 0.3 is 30.2 Å². The third-order valence-corrected chi connectivity index (χ3v) is 0. The molecule has 0 atom stereocenters. The van der Waals surface area contributed by atoms with Gasteiger partial charge in [-0.25, -0.2) is 0 Å². The zero-order chi connectivity index (χ0) is 6.28. The van der Waals surface area contributed by atoms with E-state index in [2.05, 4.69) is 6.92 Å². The van der Waals surface area contributed by atoms with Gasteiger partial charge in [0.25, 0.3) is 5.97 Å². The normalized spacial score (nSPS) is 5.50. The molecule has 0 amide bonds. The van der Waals surface area contributed by atoms with Crippen LogP contribution < -0.4 is 0 Å². The fourth-order valence-electron chi connectivity index (χ4n) is 0. The van der Waals surface area contributed by atoms with Crippen LogP contribution in [0.25, 0.3) is 0 Å². The van der Waals surface area contributed by atoms with E-state index in [9.17, 15) is 0 Å². The molecule has 0 heterocycles. The average molecular weight is 235 g/mol. The summed E-state index contributed by atoms with van der Waals surface area (Å²) < 4.78 is 0. The van der Waals surface area contributed by atoms with Crippen molar-refractivity contribution in [1.29, 1.82) is 0 Å². The Labute approximate surface area is 70.1 Å². The number of hydrogen-bond donors (Lipinski definition) is 1. The van der Waals surface area contributed by atoms with E-state index >= 15 is 0 Å². The molecule has 47 valence electrons. The van der Waals surface area contributed by atoms with E-state index in [1.165, 1.54) is 23.3 Å². The third kappa shape index (κ3) is 621. The van der Waals surface area contributed by atoms with E-state index in [1.54, 1.807) is 0 Å². The van der Waals surface area contributed by atoms with Gasteiger partial charge in [-0.05, 0) is 0 Å². The second-order valence-corrected chi connectivity index (χ2v) is 3.12. The first-order valence-corrected chi connectivity index (χ1v) is 4.23. The van der Waals surface area contributed by atoms with Crippen molar-refractivity contribution in [3.63, 3.8) is 0 Å². The van der Waals surface area contributed by atoms with Crippen LogP contribution in [0.5, 0.6) is 0 Å². The van der Waals surface area contributed by atoms with E-state index < -0.39 is 5.97 Å². The number of carbonyl (C=O) groups is 1. The Hall–Kier alpha value is 0.573. The molecular formula is C4H10BrO2Zn. The molecular weight excluding hydrogens is 225 g/mol. The summed E-state index contributed by atoms with van der Waals surface area (Å²) in [5.74, 6) is -0.833. The fraction of sp³-hybridized carbons (Fsp3) is 0.750. The summed E-state index contributed by atoms with van der Waals surface area (Å²) in [4.78, 5) is 9.00. The molecule has 0 fully saturated rings. The zero-order valence-corrected chi connectivity index (χ0v) is 9.86. The molecule has 0 rings (SSSR count). The van der Waals surface area contributed by atoms with Crippen LogP contribution in [-0.4, -0.2) is 11.1 Å². The summed E-state index contributed by atoms with van der Waals surface area (Å²) in [5.41, 5.74) is 0. The van der Waals surface area contributed by atoms with E-state index in [4.69, 9.17) is 9.90 Å².